The summed E-state index contributed by atoms with van der Waals surface area (Å²) in [6.07, 6.45) is -6.57. The minimum absolute atomic E-state index is 0.00314. The highest BCUT2D eigenvalue weighted by molar-refractivity contribution is 5.64. The monoisotopic (exact) mass is 381 g/mol. The summed E-state index contributed by atoms with van der Waals surface area (Å²) in [5.41, 5.74) is -2.73. The number of hydrogen-bond donors (Lipinski definition) is 1. The highest BCUT2D eigenvalue weighted by Gasteiger charge is 2.30. The molecule has 11 heteroatoms. The van der Waals surface area contributed by atoms with Gasteiger partial charge >= 0.3 is 11.9 Å². The third-order valence-corrected chi connectivity index (χ3v) is 3.55. The van der Waals surface area contributed by atoms with Crippen molar-refractivity contribution in [1.29, 1.82) is 0 Å². The average molecular weight is 381 g/mol. The first-order valence-electron chi connectivity index (χ1n) is 7.23. The number of rotatable bonds is 3. The van der Waals surface area contributed by atoms with Gasteiger partial charge in [0, 0.05) is 11.8 Å². The van der Waals surface area contributed by atoms with E-state index in [2.05, 4.69) is 19.9 Å². The van der Waals surface area contributed by atoms with E-state index in [9.17, 15) is 26.7 Å². The van der Waals surface area contributed by atoms with Crippen LogP contribution in [0.5, 0.6) is 0 Å². The average Bonchev–Trinajstić information content (AvgIpc) is 3.02. The molecule has 138 valence electrons. The maximum Gasteiger partial charge on any atom is 0.416 e. The summed E-state index contributed by atoms with van der Waals surface area (Å²) in [6, 6.07) is 4.67. The van der Waals surface area contributed by atoms with Crippen LogP contribution in [0.3, 0.4) is 0 Å². The van der Waals surface area contributed by atoms with Crippen LogP contribution in [0.25, 0.3) is 21.9 Å². The number of pyridine rings is 1. The third kappa shape index (κ3) is 3.55. The van der Waals surface area contributed by atoms with Gasteiger partial charge in [0.1, 0.15) is 5.69 Å². The van der Waals surface area contributed by atoms with Crippen molar-refractivity contribution in [3.63, 3.8) is 0 Å². The van der Waals surface area contributed by atoms with Crippen LogP contribution < -0.4 is 5.69 Å². The van der Waals surface area contributed by atoms with Gasteiger partial charge in [-0.25, -0.2) is 18.4 Å². The summed E-state index contributed by atoms with van der Waals surface area (Å²) < 4.78 is 64.9. The van der Waals surface area contributed by atoms with Crippen LogP contribution >= 0.6 is 0 Å². The van der Waals surface area contributed by atoms with Crippen molar-refractivity contribution >= 4 is 5.69 Å². The van der Waals surface area contributed by atoms with Crippen molar-refractivity contribution < 1.29 is 22.0 Å². The lowest BCUT2D eigenvalue weighted by Gasteiger charge is -2.07. The molecular weight excluding hydrogens is 373 g/mol. The molecule has 0 saturated carbocycles. The quantitative estimate of drug-likeness (QED) is 0.548. The summed E-state index contributed by atoms with van der Waals surface area (Å²) in [7, 11) is 0. The predicted octanol–water partition coefficient (Wildman–Crippen LogP) is 4.13. The largest absolute Gasteiger partial charge is 0.416 e. The molecule has 1 N–H and O–H groups in total. The number of aromatic nitrogens is 4. The Morgan fingerprint density at radius 3 is 2.41 bits per heavy atom. The maximum absolute atomic E-state index is 13.2. The molecule has 0 aliphatic rings. The predicted molar refractivity (Wildman–Crippen MR) is 83.6 cm³/mol. The fraction of sp³-hybridized carbons (Fsp3) is 0.125. The molecule has 0 unspecified atom stereocenters. The fourth-order valence-corrected chi connectivity index (χ4v) is 2.30. The molecule has 0 spiro atoms. The van der Waals surface area contributed by atoms with E-state index in [1.165, 1.54) is 0 Å². The fourth-order valence-electron chi connectivity index (χ4n) is 2.30. The van der Waals surface area contributed by atoms with Crippen LogP contribution in [0.15, 0.2) is 41.3 Å². The van der Waals surface area contributed by atoms with Gasteiger partial charge in [-0.2, -0.15) is 17.9 Å². The van der Waals surface area contributed by atoms with Gasteiger partial charge in [0.15, 0.2) is 5.82 Å². The molecule has 0 amide bonds. The number of nitrogens with zero attached hydrogens (tertiary/aromatic N) is 4. The Labute approximate surface area is 147 Å². The van der Waals surface area contributed by atoms with Gasteiger partial charge < -0.3 is 0 Å². The zero-order valence-electron chi connectivity index (χ0n) is 13.1. The lowest BCUT2D eigenvalue weighted by atomic mass is 10.1. The molecule has 0 atom stereocenters. The van der Waals surface area contributed by atoms with E-state index in [-0.39, 0.29) is 22.8 Å². The summed E-state index contributed by atoms with van der Waals surface area (Å²) in [4.78, 5) is 20.9. The first kappa shape index (κ1) is 18.2. The van der Waals surface area contributed by atoms with E-state index in [0.29, 0.717) is 0 Å². The van der Waals surface area contributed by atoms with Gasteiger partial charge in [-0.15, -0.1) is 5.10 Å². The van der Waals surface area contributed by atoms with Crippen molar-refractivity contribution in [3.05, 3.63) is 69.7 Å². The van der Waals surface area contributed by atoms with Crippen molar-refractivity contribution in [3.8, 4) is 17.1 Å². The van der Waals surface area contributed by atoms with Gasteiger partial charge in [-0.05, 0) is 30.3 Å². The number of alkyl halides is 5. The number of halogens is 5. The van der Waals surface area contributed by atoms with Gasteiger partial charge in [0.05, 0.1) is 17.8 Å². The maximum atomic E-state index is 13.2. The van der Waals surface area contributed by atoms with Gasteiger partial charge in [-0.1, -0.05) is 0 Å². The molecule has 2 heterocycles. The molecule has 0 fully saturated rings. The summed E-state index contributed by atoms with van der Waals surface area (Å²) in [5, 5.41) is 3.85. The van der Waals surface area contributed by atoms with Crippen LogP contribution in [-0.2, 0) is 6.18 Å². The molecule has 0 saturated heterocycles. The lowest BCUT2D eigenvalue weighted by molar-refractivity contribution is -0.137. The Balaban J connectivity index is 2.08. The van der Waals surface area contributed by atoms with E-state index < -0.39 is 29.5 Å². The number of nitrogens with one attached hydrogen (secondary N) is 1. The van der Waals surface area contributed by atoms with Crippen LogP contribution in [0.2, 0.25) is 0 Å². The van der Waals surface area contributed by atoms with Crippen molar-refractivity contribution in [1.82, 2.24) is 19.7 Å². The Morgan fingerprint density at radius 2 is 1.85 bits per heavy atom. The van der Waals surface area contributed by atoms with Gasteiger partial charge in [0.25, 0.3) is 6.43 Å². The highest BCUT2D eigenvalue weighted by Crippen LogP contribution is 2.31. The summed E-state index contributed by atoms with van der Waals surface area (Å²) >= 11 is 0. The molecule has 0 aliphatic heterocycles. The Kier molecular flexibility index (Phi) is 4.49. The van der Waals surface area contributed by atoms with Gasteiger partial charge in [-0.3, -0.25) is 9.97 Å². The molecule has 0 bridgehead atoms. The summed E-state index contributed by atoms with van der Waals surface area (Å²) in [5.74, 6) is -0.284. The standard InChI is InChI=1S/C16H8F5N5O/c1-22-9-6-11(12(13(17)18)23-7-9)14-24-15(27)26(25-14)10-4-2-8(3-5-10)16(19,20)21/h2-7,13H,(H,24,25,27). The second-order valence-electron chi connectivity index (χ2n) is 5.27. The Bertz CT molecular complexity index is 1080. The van der Waals surface area contributed by atoms with Crippen LogP contribution in [-0.4, -0.2) is 19.7 Å². The minimum Gasteiger partial charge on any atom is -0.288 e. The van der Waals surface area contributed by atoms with Gasteiger partial charge in [0.2, 0.25) is 5.69 Å². The smallest absolute Gasteiger partial charge is 0.288 e. The minimum atomic E-state index is -4.54. The van der Waals surface area contributed by atoms with E-state index >= 15 is 0 Å². The second-order valence-corrected chi connectivity index (χ2v) is 5.27. The molecule has 3 aromatic rings. The van der Waals surface area contributed by atoms with E-state index in [4.69, 9.17) is 6.57 Å². The number of benzene rings is 1. The molecule has 2 aromatic heterocycles. The Hall–Kier alpha value is -3.55. The number of hydrogen-bond acceptors (Lipinski definition) is 3. The van der Waals surface area contributed by atoms with E-state index in [0.717, 1.165) is 41.2 Å². The van der Waals surface area contributed by atoms with Crippen molar-refractivity contribution in [2.45, 2.75) is 12.6 Å². The number of aromatic amines is 1. The Morgan fingerprint density at radius 1 is 1.19 bits per heavy atom. The SMILES string of the molecule is [C-]#[N+]c1cnc(C(F)F)c(-c2nn(-c3ccc(C(F)(F)F)cc3)c(=O)[nH]2)c1. The zero-order chi connectivity index (χ0) is 19.8. The topological polar surface area (TPSA) is 67.9 Å². The van der Waals surface area contributed by atoms with Crippen LogP contribution in [0, 0.1) is 6.57 Å². The molecule has 1 aromatic carbocycles. The molecule has 3 rings (SSSR count). The van der Waals surface area contributed by atoms with Crippen LogP contribution in [0.4, 0.5) is 27.6 Å². The number of H-pyrrole nitrogens is 1. The first-order chi connectivity index (χ1) is 12.7. The highest BCUT2D eigenvalue weighted by atomic mass is 19.4. The molecule has 0 aliphatic carbocycles. The summed E-state index contributed by atoms with van der Waals surface area (Å²) in [6.45, 7) is 6.94. The lowest BCUT2D eigenvalue weighted by Crippen LogP contribution is -2.16. The van der Waals surface area contributed by atoms with Crippen molar-refractivity contribution in [2.24, 2.45) is 0 Å². The van der Waals surface area contributed by atoms with E-state index in [1.54, 1.807) is 0 Å². The third-order valence-electron chi connectivity index (χ3n) is 3.55. The first-order valence-corrected chi connectivity index (χ1v) is 7.23. The molecule has 0 radical (unpaired) electrons. The molecule has 27 heavy (non-hydrogen) atoms. The van der Waals surface area contributed by atoms with E-state index in [1.807, 2.05) is 0 Å². The second kappa shape index (κ2) is 6.64. The zero-order valence-corrected chi connectivity index (χ0v) is 13.1. The van der Waals surface area contributed by atoms with Crippen molar-refractivity contribution in [2.75, 3.05) is 0 Å². The molecular formula is C16H8F5N5O. The van der Waals surface area contributed by atoms with Crippen LogP contribution in [0.1, 0.15) is 17.7 Å². The normalized spacial score (nSPS) is 11.6. The molecule has 6 nitrogen and oxygen atoms in total.